The average Bonchev–Trinajstić information content (AvgIpc) is 1.98. The highest BCUT2D eigenvalue weighted by molar-refractivity contribution is 8.00. The molecule has 4 heteroatoms. The van der Waals surface area contributed by atoms with Gasteiger partial charge in [0.25, 0.3) is 0 Å². The van der Waals surface area contributed by atoms with Crippen molar-refractivity contribution in [2.24, 2.45) is 5.73 Å². The first-order valence-electron chi connectivity index (χ1n) is 5.64. The number of nitrogens with two attached hydrogens (primary N) is 1. The third-order valence-corrected chi connectivity index (χ3v) is 2.98. The average molecular weight is 247 g/mol. The molecule has 0 fully saturated rings. The zero-order valence-electron chi connectivity index (χ0n) is 11.3. The Hall–Kier alpha value is -0.220. The Morgan fingerprint density at radius 2 is 1.75 bits per heavy atom. The lowest BCUT2D eigenvalue weighted by Gasteiger charge is -2.23. The van der Waals surface area contributed by atoms with Gasteiger partial charge in [0.1, 0.15) is 11.6 Å². The molecular formula is C12H25NO2S. The number of carbonyl (C=O) groups is 1. The number of hydrogen-bond donors (Lipinski definition) is 1. The molecule has 0 aliphatic heterocycles. The van der Waals surface area contributed by atoms with Crippen LogP contribution in [0.3, 0.4) is 0 Å². The van der Waals surface area contributed by atoms with E-state index < -0.39 is 11.6 Å². The van der Waals surface area contributed by atoms with Crippen LogP contribution in [0.25, 0.3) is 0 Å². The number of esters is 1. The molecule has 0 rings (SSSR count). The molecule has 0 aliphatic carbocycles. The van der Waals surface area contributed by atoms with Crippen molar-refractivity contribution in [1.82, 2.24) is 0 Å². The van der Waals surface area contributed by atoms with E-state index in [2.05, 4.69) is 20.8 Å². The molecule has 3 nitrogen and oxygen atoms in total. The number of carbonyl (C=O) groups excluding carboxylic acids is 1. The van der Waals surface area contributed by atoms with E-state index in [1.807, 2.05) is 32.5 Å². The van der Waals surface area contributed by atoms with Crippen molar-refractivity contribution in [3.8, 4) is 0 Å². The molecule has 0 saturated heterocycles. The summed E-state index contributed by atoms with van der Waals surface area (Å²) < 4.78 is 5.42. The summed E-state index contributed by atoms with van der Waals surface area (Å²) in [6.07, 6.45) is 0.664. The SMILES string of the molecule is CC(C)(C)OC(=O)[C@@H](N)CCSC(C)(C)C. The van der Waals surface area contributed by atoms with Crippen molar-refractivity contribution in [1.29, 1.82) is 0 Å². The lowest BCUT2D eigenvalue weighted by Crippen LogP contribution is -2.37. The molecule has 0 radical (unpaired) electrons. The highest BCUT2D eigenvalue weighted by atomic mass is 32.2. The minimum atomic E-state index is -0.505. The van der Waals surface area contributed by atoms with Crippen LogP contribution in [0.4, 0.5) is 0 Å². The van der Waals surface area contributed by atoms with E-state index in [1.54, 1.807) is 0 Å². The van der Waals surface area contributed by atoms with Gasteiger partial charge in [-0.25, -0.2) is 0 Å². The molecule has 0 aromatic heterocycles. The van der Waals surface area contributed by atoms with E-state index in [-0.39, 0.29) is 10.7 Å². The Labute approximate surface area is 103 Å². The van der Waals surface area contributed by atoms with Gasteiger partial charge in [0.15, 0.2) is 0 Å². The van der Waals surface area contributed by atoms with Crippen molar-refractivity contribution in [3.63, 3.8) is 0 Å². The second-order valence-corrected chi connectivity index (χ2v) is 7.81. The predicted molar refractivity (Wildman–Crippen MR) is 70.6 cm³/mol. The van der Waals surface area contributed by atoms with Crippen molar-refractivity contribution < 1.29 is 9.53 Å². The summed E-state index contributed by atoms with van der Waals surface area (Å²) in [5.41, 5.74) is 5.31. The van der Waals surface area contributed by atoms with Gasteiger partial charge in [0, 0.05) is 4.75 Å². The van der Waals surface area contributed by atoms with Gasteiger partial charge >= 0.3 is 5.97 Å². The van der Waals surface area contributed by atoms with Crippen molar-refractivity contribution in [2.45, 2.75) is 64.4 Å². The van der Waals surface area contributed by atoms with E-state index >= 15 is 0 Å². The highest BCUT2D eigenvalue weighted by Gasteiger charge is 2.22. The Kier molecular flexibility index (Phi) is 5.84. The molecule has 2 N–H and O–H groups in total. The second kappa shape index (κ2) is 5.92. The summed E-state index contributed by atoms with van der Waals surface area (Å²) in [6.45, 7) is 12.0. The summed E-state index contributed by atoms with van der Waals surface area (Å²) in [7, 11) is 0. The Morgan fingerprint density at radius 1 is 1.25 bits per heavy atom. The molecule has 1 atom stereocenters. The van der Waals surface area contributed by atoms with Crippen LogP contribution in [-0.4, -0.2) is 28.1 Å². The molecular weight excluding hydrogens is 222 g/mol. The number of hydrogen-bond acceptors (Lipinski definition) is 4. The van der Waals surface area contributed by atoms with Crippen molar-refractivity contribution >= 4 is 17.7 Å². The van der Waals surface area contributed by atoms with Crippen molar-refractivity contribution in [3.05, 3.63) is 0 Å². The molecule has 0 aliphatic rings. The first kappa shape index (κ1) is 15.8. The maximum atomic E-state index is 11.6. The minimum Gasteiger partial charge on any atom is -0.459 e. The fraction of sp³-hybridized carbons (Fsp3) is 0.917. The standard InChI is InChI=1S/C12H25NO2S/c1-11(2,3)15-10(14)9(13)7-8-16-12(4,5)6/h9H,7-8,13H2,1-6H3/t9-/m0/s1. The van der Waals surface area contributed by atoms with E-state index in [9.17, 15) is 4.79 Å². The van der Waals surface area contributed by atoms with E-state index in [4.69, 9.17) is 10.5 Å². The van der Waals surface area contributed by atoms with Gasteiger partial charge in [0.05, 0.1) is 0 Å². The lowest BCUT2D eigenvalue weighted by molar-refractivity contribution is -0.156. The molecule has 0 aromatic rings. The van der Waals surface area contributed by atoms with Crippen LogP contribution >= 0.6 is 11.8 Å². The van der Waals surface area contributed by atoms with Crippen LogP contribution in [0.1, 0.15) is 48.0 Å². The molecule has 0 unspecified atom stereocenters. The molecule has 0 saturated carbocycles. The van der Waals surface area contributed by atoms with Gasteiger partial charge in [-0.05, 0) is 32.9 Å². The number of ether oxygens (including phenoxy) is 1. The van der Waals surface area contributed by atoms with E-state index in [1.165, 1.54) is 0 Å². The topological polar surface area (TPSA) is 52.3 Å². The molecule has 96 valence electrons. The monoisotopic (exact) mass is 247 g/mol. The molecule has 0 heterocycles. The smallest absolute Gasteiger partial charge is 0.323 e. The van der Waals surface area contributed by atoms with Gasteiger partial charge in [0.2, 0.25) is 0 Å². The van der Waals surface area contributed by atoms with Crippen LogP contribution in [0, 0.1) is 0 Å². The molecule has 0 aromatic carbocycles. The molecule has 0 amide bonds. The minimum absolute atomic E-state index is 0.216. The maximum absolute atomic E-state index is 11.6. The molecule has 0 bridgehead atoms. The predicted octanol–water partition coefficient (Wildman–Crippen LogP) is 2.58. The summed E-state index contributed by atoms with van der Waals surface area (Å²) >= 11 is 1.81. The van der Waals surface area contributed by atoms with E-state index in [0.717, 1.165) is 5.75 Å². The van der Waals surface area contributed by atoms with Crippen molar-refractivity contribution in [2.75, 3.05) is 5.75 Å². The van der Waals surface area contributed by atoms with Gasteiger partial charge in [-0.2, -0.15) is 11.8 Å². The zero-order chi connectivity index (χ0) is 13.0. The second-order valence-electron chi connectivity index (χ2n) is 5.89. The first-order valence-corrected chi connectivity index (χ1v) is 6.62. The van der Waals surface area contributed by atoms with Gasteiger partial charge in [-0.1, -0.05) is 20.8 Å². The third-order valence-electron chi connectivity index (χ3n) is 1.67. The Bertz CT molecular complexity index is 228. The number of thioether (sulfide) groups is 1. The summed E-state index contributed by atoms with van der Waals surface area (Å²) in [5.74, 6) is 0.575. The quantitative estimate of drug-likeness (QED) is 0.776. The van der Waals surface area contributed by atoms with Crippen LogP contribution in [0.2, 0.25) is 0 Å². The van der Waals surface area contributed by atoms with E-state index in [0.29, 0.717) is 6.42 Å². The van der Waals surface area contributed by atoms with Crippen LogP contribution in [-0.2, 0) is 9.53 Å². The van der Waals surface area contributed by atoms with Gasteiger partial charge in [-0.3, -0.25) is 4.79 Å². The molecule has 0 spiro atoms. The zero-order valence-corrected chi connectivity index (χ0v) is 12.1. The lowest BCUT2D eigenvalue weighted by atomic mass is 10.2. The Morgan fingerprint density at radius 3 is 2.12 bits per heavy atom. The summed E-state index contributed by atoms with van der Waals surface area (Å²) in [6, 6.07) is -0.505. The summed E-state index contributed by atoms with van der Waals surface area (Å²) in [4.78, 5) is 11.6. The fourth-order valence-electron chi connectivity index (χ4n) is 0.987. The van der Waals surface area contributed by atoms with Gasteiger partial charge in [-0.15, -0.1) is 0 Å². The largest absolute Gasteiger partial charge is 0.459 e. The maximum Gasteiger partial charge on any atom is 0.323 e. The Balaban J connectivity index is 3.89. The summed E-state index contributed by atoms with van der Waals surface area (Å²) in [5, 5.41) is 0. The van der Waals surface area contributed by atoms with Gasteiger partial charge < -0.3 is 10.5 Å². The highest BCUT2D eigenvalue weighted by Crippen LogP contribution is 2.24. The fourth-order valence-corrected chi connectivity index (χ4v) is 1.97. The first-order chi connectivity index (χ1) is 7.01. The van der Waals surface area contributed by atoms with Crippen LogP contribution in [0.5, 0.6) is 0 Å². The van der Waals surface area contributed by atoms with Crippen LogP contribution < -0.4 is 5.73 Å². The van der Waals surface area contributed by atoms with Crippen LogP contribution in [0.15, 0.2) is 0 Å². The number of rotatable bonds is 4. The molecule has 16 heavy (non-hydrogen) atoms. The third kappa shape index (κ3) is 9.04. The normalized spacial score (nSPS) is 14.7.